The van der Waals surface area contributed by atoms with Crippen LogP contribution in [0.1, 0.15) is 30.1 Å². The molecule has 26 heavy (non-hydrogen) atoms. The van der Waals surface area contributed by atoms with Crippen molar-refractivity contribution in [3.8, 4) is 0 Å². The van der Waals surface area contributed by atoms with Crippen LogP contribution in [-0.4, -0.2) is 37.3 Å². The van der Waals surface area contributed by atoms with Crippen molar-refractivity contribution in [3.63, 3.8) is 0 Å². The first-order valence-electron chi connectivity index (χ1n) is 7.72. The second-order valence-electron chi connectivity index (χ2n) is 5.78. The second-order valence-corrected chi connectivity index (χ2v) is 5.78. The highest BCUT2D eigenvalue weighted by molar-refractivity contribution is 6.01. The Bertz CT molecular complexity index is 848. The van der Waals surface area contributed by atoms with Crippen molar-refractivity contribution in [3.05, 3.63) is 51.9 Å². The lowest BCUT2D eigenvalue weighted by Crippen LogP contribution is -2.32. The Hall–Kier alpha value is -2.84. The van der Waals surface area contributed by atoms with Gasteiger partial charge in [0.2, 0.25) is 0 Å². The number of pyridine rings is 1. The molecular weight excluding hydrogens is 353 g/mol. The molecule has 1 aromatic rings. The van der Waals surface area contributed by atoms with E-state index in [1.165, 1.54) is 0 Å². The van der Waals surface area contributed by atoms with Crippen molar-refractivity contribution >= 4 is 11.9 Å². The monoisotopic (exact) mass is 368 g/mol. The van der Waals surface area contributed by atoms with E-state index in [0.717, 1.165) is 26.4 Å². The van der Waals surface area contributed by atoms with E-state index < -0.39 is 36.5 Å². The number of aromatic nitrogens is 1. The number of hydrogen-bond donors (Lipinski definition) is 1. The third-order valence-corrected chi connectivity index (χ3v) is 4.31. The number of hydrogen-bond acceptors (Lipinski definition) is 6. The standard InChI is InChI=1S/C17H15F3N2O4/c1-7(19)12-8(4-21-5-9(12)20)13-14(16(23)25-2)10(3-18)22-11-6-26-17(24)15(11)13/h4-5,7,13,22H,3,6H2,1-2H3. The number of nitrogens with one attached hydrogen (secondary N) is 1. The Balaban J connectivity index is 2.31. The molecule has 3 heterocycles. The number of carbonyl (C=O) groups excluding carboxylic acids is 2. The topological polar surface area (TPSA) is 77.5 Å². The molecule has 9 heteroatoms. The highest BCUT2D eigenvalue weighted by Crippen LogP contribution is 2.44. The minimum Gasteiger partial charge on any atom is -0.466 e. The summed E-state index contributed by atoms with van der Waals surface area (Å²) >= 11 is 0. The van der Waals surface area contributed by atoms with Gasteiger partial charge < -0.3 is 14.8 Å². The van der Waals surface area contributed by atoms with E-state index in [9.17, 15) is 22.8 Å². The van der Waals surface area contributed by atoms with Gasteiger partial charge in [-0.3, -0.25) is 4.98 Å². The minimum atomic E-state index is -1.75. The van der Waals surface area contributed by atoms with Gasteiger partial charge in [-0.1, -0.05) is 0 Å². The largest absolute Gasteiger partial charge is 0.466 e. The molecule has 1 aromatic heterocycles. The lowest BCUT2D eigenvalue weighted by molar-refractivity contribution is -0.136. The lowest BCUT2D eigenvalue weighted by Gasteiger charge is -2.29. The predicted octanol–water partition coefficient (Wildman–Crippen LogP) is 2.15. The summed E-state index contributed by atoms with van der Waals surface area (Å²) in [5.74, 6) is -3.88. The Labute approximate surface area is 146 Å². The van der Waals surface area contributed by atoms with Crippen LogP contribution in [0.4, 0.5) is 13.2 Å². The molecule has 2 aliphatic heterocycles. The van der Waals surface area contributed by atoms with Crippen molar-refractivity contribution in [2.75, 3.05) is 20.4 Å². The maximum Gasteiger partial charge on any atom is 0.337 e. The molecule has 2 unspecified atom stereocenters. The van der Waals surface area contributed by atoms with Crippen molar-refractivity contribution in [1.29, 1.82) is 0 Å². The smallest absolute Gasteiger partial charge is 0.337 e. The first-order valence-corrected chi connectivity index (χ1v) is 7.72. The fourth-order valence-electron chi connectivity index (χ4n) is 3.26. The number of esters is 2. The summed E-state index contributed by atoms with van der Waals surface area (Å²) in [4.78, 5) is 28.2. The van der Waals surface area contributed by atoms with E-state index >= 15 is 0 Å². The summed E-state index contributed by atoms with van der Waals surface area (Å²) in [7, 11) is 1.08. The number of cyclic esters (lactones) is 1. The third kappa shape index (κ3) is 2.73. The molecule has 138 valence electrons. The average molecular weight is 368 g/mol. The molecule has 0 amide bonds. The molecule has 1 N–H and O–H groups in total. The highest BCUT2D eigenvalue weighted by atomic mass is 19.1. The Morgan fingerprint density at radius 3 is 2.85 bits per heavy atom. The van der Waals surface area contributed by atoms with Gasteiger partial charge >= 0.3 is 11.9 Å². The number of allylic oxidation sites excluding steroid dienone is 1. The van der Waals surface area contributed by atoms with Gasteiger partial charge in [0.15, 0.2) is 0 Å². The van der Waals surface area contributed by atoms with E-state index in [4.69, 9.17) is 9.47 Å². The van der Waals surface area contributed by atoms with Crippen LogP contribution in [0.15, 0.2) is 34.9 Å². The number of ether oxygens (including phenoxy) is 2. The van der Waals surface area contributed by atoms with Crippen LogP contribution < -0.4 is 5.32 Å². The fraction of sp³-hybridized carbons (Fsp3) is 0.353. The first kappa shape index (κ1) is 18.0. The maximum atomic E-state index is 14.2. The van der Waals surface area contributed by atoms with Crippen molar-refractivity contribution in [2.45, 2.75) is 19.0 Å². The molecule has 0 spiro atoms. The number of methoxy groups -OCH3 is 1. The number of rotatable bonds is 4. The molecule has 2 aliphatic rings. The number of halogens is 3. The average Bonchev–Trinajstić information content (AvgIpc) is 2.99. The van der Waals surface area contributed by atoms with Crippen LogP contribution in [-0.2, 0) is 19.1 Å². The molecule has 0 fully saturated rings. The highest BCUT2D eigenvalue weighted by Gasteiger charge is 2.44. The summed E-state index contributed by atoms with van der Waals surface area (Å²) in [5, 5.41) is 2.65. The van der Waals surface area contributed by atoms with E-state index in [0.29, 0.717) is 0 Å². The SMILES string of the molecule is COC(=O)C1=C(CF)NC2=C(C(=O)OC2)C1c1cncc(F)c1C(C)F. The molecule has 0 aliphatic carbocycles. The zero-order valence-corrected chi connectivity index (χ0v) is 13.9. The lowest BCUT2D eigenvalue weighted by atomic mass is 9.79. The van der Waals surface area contributed by atoms with Gasteiger partial charge in [-0.15, -0.1) is 0 Å². The third-order valence-electron chi connectivity index (χ3n) is 4.31. The van der Waals surface area contributed by atoms with Crippen LogP contribution in [0.2, 0.25) is 0 Å². The van der Waals surface area contributed by atoms with Crippen LogP contribution in [0.3, 0.4) is 0 Å². The van der Waals surface area contributed by atoms with E-state index in [1.807, 2.05) is 0 Å². The second kappa shape index (κ2) is 6.81. The van der Waals surface area contributed by atoms with E-state index in [2.05, 4.69) is 10.3 Å². The summed E-state index contributed by atoms with van der Waals surface area (Å²) < 4.78 is 51.6. The Kier molecular flexibility index (Phi) is 4.71. The van der Waals surface area contributed by atoms with Gasteiger partial charge in [0, 0.05) is 11.8 Å². The molecule has 0 radical (unpaired) electrons. The summed E-state index contributed by atoms with van der Waals surface area (Å²) in [6.45, 7) is -0.121. The molecule has 0 saturated carbocycles. The molecule has 6 nitrogen and oxygen atoms in total. The van der Waals surface area contributed by atoms with Crippen molar-refractivity contribution in [2.24, 2.45) is 0 Å². The van der Waals surface area contributed by atoms with Crippen LogP contribution in [0, 0.1) is 5.82 Å². The Morgan fingerprint density at radius 1 is 1.50 bits per heavy atom. The normalized spacial score (nSPS) is 20.5. The van der Waals surface area contributed by atoms with Gasteiger partial charge in [0.05, 0.1) is 41.8 Å². The molecule has 0 saturated heterocycles. The quantitative estimate of drug-likeness (QED) is 0.821. The molecule has 0 aromatic carbocycles. The number of nitrogens with zero attached hydrogens (tertiary/aromatic N) is 1. The number of dihydropyridines is 1. The minimum absolute atomic E-state index is 0.0168. The first-order chi connectivity index (χ1) is 12.4. The van der Waals surface area contributed by atoms with Gasteiger partial charge in [-0.05, 0) is 12.5 Å². The van der Waals surface area contributed by atoms with Crippen molar-refractivity contribution in [1.82, 2.24) is 10.3 Å². The number of alkyl halides is 2. The molecular formula is C17H15F3N2O4. The summed E-state index contributed by atoms with van der Waals surface area (Å²) in [5.41, 5.74) is -0.598. The molecule has 2 atom stereocenters. The summed E-state index contributed by atoms with van der Waals surface area (Å²) in [6, 6.07) is 0. The number of carbonyl (C=O) groups is 2. The predicted molar refractivity (Wildman–Crippen MR) is 82.6 cm³/mol. The maximum absolute atomic E-state index is 14.2. The van der Waals surface area contributed by atoms with Crippen LogP contribution in [0.25, 0.3) is 0 Å². The van der Waals surface area contributed by atoms with Crippen molar-refractivity contribution < 1.29 is 32.2 Å². The van der Waals surface area contributed by atoms with Gasteiger partial charge in [-0.25, -0.2) is 22.8 Å². The fourth-order valence-corrected chi connectivity index (χ4v) is 3.26. The zero-order chi connectivity index (χ0) is 19.0. The summed E-state index contributed by atoms with van der Waals surface area (Å²) in [6.07, 6.45) is 0.229. The molecule has 0 bridgehead atoms. The Morgan fingerprint density at radius 2 is 2.23 bits per heavy atom. The van der Waals surface area contributed by atoms with E-state index in [-0.39, 0.29) is 40.3 Å². The van der Waals surface area contributed by atoms with Gasteiger partial charge in [0.25, 0.3) is 0 Å². The van der Waals surface area contributed by atoms with Gasteiger partial charge in [-0.2, -0.15) is 0 Å². The van der Waals surface area contributed by atoms with Crippen LogP contribution >= 0.6 is 0 Å². The van der Waals surface area contributed by atoms with Crippen LogP contribution in [0.5, 0.6) is 0 Å². The molecule has 3 rings (SSSR count). The van der Waals surface area contributed by atoms with E-state index in [1.54, 1.807) is 0 Å². The van der Waals surface area contributed by atoms with Gasteiger partial charge in [0.1, 0.15) is 25.3 Å². The zero-order valence-electron chi connectivity index (χ0n) is 13.9.